The Hall–Kier alpha value is -4.46. The van der Waals surface area contributed by atoms with Gasteiger partial charge in [0, 0.05) is 18.9 Å². The topological polar surface area (TPSA) is 102 Å². The third-order valence-corrected chi connectivity index (χ3v) is 6.12. The molecule has 35 heavy (non-hydrogen) atoms. The average Bonchev–Trinajstić information content (AvgIpc) is 3.33. The predicted octanol–water partition coefficient (Wildman–Crippen LogP) is 4.06. The first kappa shape index (κ1) is 22.3. The molecule has 0 aromatic heterocycles. The number of carbonyl (C=O) groups is 4. The molecule has 3 aromatic carbocycles. The average molecular weight is 470 g/mol. The molecule has 1 aliphatic carbocycles. The zero-order valence-corrected chi connectivity index (χ0v) is 18.7. The highest BCUT2D eigenvalue weighted by Crippen LogP contribution is 2.44. The highest BCUT2D eigenvalue weighted by molar-refractivity contribution is 6.20. The molecule has 1 N–H and O–H groups in total. The minimum absolute atomic E-state index is 0.0391. The number of fused-ring (bicyclic) bond motifs is 4. The molecule has 0 bridgehead atoms. The number of nitrogens with zero attached hydrogens (tertiary/aromatic N) is 1. The van der Waals surface area contributed by atoms with Crippen LogP contribution in [0.15, 0.2) is 72.8 Å². The van der Waals surface area contributed by atoms with E-state index in [0.717, 1.165) is 22.3 Å². The molecule has 176 valence electrons. The summed E-state index contributed by atoms with van der Waals surface area (Å²) < 4.78 is 5.45. The van der Waals surface area contributed by atoms with E-state index in [2.05, 4.69) is 17.4 Å². The largest absolute Gasteiger partial charge is 0.449 e. The van der Waals surface area contributed by atoms with Crippen LogP contribution in [0.3, 0.4) is 0 Å². The van der Waals surface area contributed by atoms with E-state index in [-0.39, 0.29) is 43.0 Å². The SMILES string of the molecule is O=C(CCCNC(=O)OCC1c2ccccc2-c2ccccc21)ON1C(=O)c2ccccc2C1=O. The van der Waals surface area contributed by atoms with Crippen molar-refractivity contribution >= 4 is 23.9 Å². The number of hydrogen-bond donors (Lipinski definition) is 1. The molecular formula is C27H22N2O6. The summed E-state index contributed by atoms with van der Waals surface area (Å²) in [6, 6.07) is 22.4. The Morgan fingerprint density at radius 3 is 1.86 bits per heavy atom. The second kappa shape index (κ2) is 9.42. The predicted molar refractivity (Wildman–Crippen MR) is 125 cm³/mol. The van der Waals surface area contributed by atoms with Gasteiger partial charge in [-0.25, -0.2) is 9.59 Å². The number of alkyl carbamates (subject to hydrolysis) is 1. The minimum Gasteiger partial charge on any atom is -0.449 e. The minimum atomic E-state index is -0.742. The van der Waals surface area contributed by atoms with Crippen molar-refractivity contribution in [1.82, 2.24) is 10.4 Å². The molecule has 8 nitrogen and oxygen atoms in total. The third-order valence-electron chi connectivity index (χ3n) is 6.12. The standard InChI is InChI=1S/C27H22N2O6/c30-24(35-29-25(31)21-12-5-6-13-22(21)26(29)32)14-7-15-28-27(33)34-16-23-19-10-3-1-8-17(19)18-9-2-4-11-20(18)23/h1-6,8-13,23H,7,14-16H2,(H,28,33). The number of ether oxygens (including phenoxy) is 1. The van der Waals surface area contributed by atoms with Crippen molar-refractivity contribution in [3.05, 3.63) is 95.1 Å². The fourth-order valence-corrected chi connectivity index (χ4v) is 4.47. The highest BCUT2D eigenvalue weighted by atomic mass is 16.7. The van der Waals surface area contributed by atoms with E-state index in [0.29, 0.717) is 5.06 Å². The molecule has 2 aliphatic rings. The number of rotatable bonds is 7. The molecule has 0 saturated carbocycles. The summed E-state index contributed by atoms with van der Waals surface area (Å²) in [5.41, 5.74) is 4.93. The summed E-state index contributed by atoms with van der Waals surface area (Å²) in [5, 5.41) is 3.10. The van der Waals surface area contributed by atoms with Crippen molar-refractivity contribution in [2.45, 2.75) is 18.8 Å². The number of imide groups is 1. The Morgan fingerprint density at radius 2 is 1.29 bits per heavy atom. The smallest absolute Gasteiger partial charge is 0.407 e. The van der Waals surface area contributed by atoms with Gasteiger partial charge in [0.1, 0.15) is 6.61 Å². The highest BCUT2D eigenvalue weighted by Gasteiger charge is 2.38. The van der Waals surface area contributed by atoms with Crippen LogP contribution in [-0.4, -0.2) is 42.1 Å². The molecule has 0 fully saturated rings. The maximum absolute atomic E-state index is 12.3. The van der Waals surface area contributed by atoms with Crippen molar-refractivity contribution in [1.29, 1.82) is 0 Å². The number of amides is 3. The Kier molecular flexibility index (Phi) is 6.01. The molecule has 8 heteroatoms. The molecule has 0 saturated heterocycles. The van der Waals surface area contributed by atoms with Crippen molar-refractivity contribution in [2.24, 2.45) is 0 Å². The van der Waals surface area contributed by atoms with Gasteiger partial charge in [-0.05, 0) is 40.8 Å². The normalized spacial score (nSPS) is 13.8. The number of hydroxylamine groups is 2. The summed E-state index contributed by atoms with van der Waals surface area (Å²) in [5.74, 6) is -2.12. The quantitative estimate of drug-likeness (QED) is 0.413. The van der Waals surface area contributed by atoms with Gasteiger partial charge < -0.3 is 14.9 Å². The summed E-state index contributed by atoms with van der Waals surface area (Å²) in [6.07, 6.45) is -0.413. The van der Waals surface area contributed by atoms with Crippen LogP contribution in [0.1, 0.15) is 50.6 Å². The Balaban J connectivity index is 1.07. The van der Waals surface area contributed by atoms with Crippen LogP contribution in [0, 0.1) is 0 Å². The zero-order valence-electron chi connectivity index (χ0n) is 18.7. The lowest BCUT2D eigenvalue weighted by molar-refractivity contribution is -0.168. The maximum atomic E-state index is 12.3. The van der Waals surface area contributed by atoms with Crippen LogP contribution in [-0.2, 0) is 14.4 Å². The Labute approximate surface area is 201 Å². The van der Waals surface area contributed by atoms with Gasteiger partial charge in [-0.1, -0.05) is 65.7 Å². The Morgan fingerprint density at radius 1 is 0.771 bits per heavy atom. The number of benzene rings is 3. The monoisotopic (exact) mass is 470 g/mol. The lowest BCUT2D eigenvalue weighted by Crippen LogP contribution is -2.33. The summed E-state index contributed by atoms with van der Waals surface area (Å²) in [7, 11) is 0. The lowest BCUT2D eigenvalue weighted by Gasteiger charge is -2.15. The molecule has 0 unspecified atom stereocenters. The molecule has 1 heterocycles. The van der Waals surface area contributed by atoms with Gasteiger partial charge in [0.2, 0.25) is 0 Å². The van der Waals surface area contributed by atoms with Gasteiger partial charge >= 0.3 is 12.1 Å². The van der Waals surface area contributed by atoms with Gasteiger partial charge in [0.25, 0.3) is 11.8 Å². The van der Waals surface area contributed by atoms with Crippen LogP contribution in [0.5, 0.6) is 0 Å². The van der Waals surface area contributed by atoms with Crippen molar-refractivity contribution < 1.29 is 28.8 Å². The van der Waals surface area contributed by atoms with Crippen molar-refractivity contribution in [3.8, 4) is 11.1 Å². The van der Waals surface area contributed by atoms with Gasteiger partial charge in [-0.3, -0.25) is 9.59 Å². The summed E-state index contributed by atoms with van der Waals surface area (Å²) in [6.45, 7) is 0.371. The number of hydrogen-bond acceptors (Lipinski definition) is 6. The molecule has 0 radical (unpaired) electrons. The fourth-order valence-electron chi connectivity index (χ4n) is 4.47. The van der Waals surface area contributed by atoms with Gasteiger partial charge in [-0.2, -0.15) is 0 Å². The van der Waals surface area contributed by atoms with Crippen LogP contribution < -0.4 is 5.32 Å². The Bertz CT molecular complexity index is 1250. The summed E-state index contributed by atoms with van der Waals surface area (Å²) in [4.78, 5) is 53.8. The van der Waals surface area contributed by atoms with Crippen LogP contribution >= 0.6 is 0 Å². The molecule has 3 amide bonds. The first-order valence-corrected chi connectivity index (χ1v) is 11.3. The van der Waals surface area contributed by atoms with Crippen molar-refractivity contribution in [3.63, 3.8) is 0 Å². The molecule has 0 atom stereocenters. The van der Waals surface area contributed by atoms with Gasteiger partial charge in [-0.15, -0.1) is 0 Å². The van der Waals surface area contributed by atoms with Gasteiger partial charge in [0.15, 0.2) is 0 Å². The number of nitrogens with one attached hydrogen (secondary N) is 1. The molecular weight excluding hydrogens is 448 g/mol. The van der Waals surface area contributed by atoms with E-state index in [1.807, 2.05) is 36.4 Å². The van der Waals surface area contributed by atoms with Crippen LogP contribution in [0.2, 0.25) is 0 Å². The first-order chi connectivity index (χ1) is 17.0. The van der Waals surface area contributed by atoms with E-state index in [1.54, 1.807) is 12.1 Å². The van der Waals surface area contributed by atoms with E-state index in [4.69, 9.17) is 9.57 Å². The van der Waals surface area contributed by atoms with E-state index >= 15 is 0 Å². The fraction of sp³-hybridized carbons (Fsp3) is 0.185. The third kappa shape index (κ3) is 4.26. The van der Waals surface area contributed by atoms with E-state index in [9.17, 15) is 19.2 Å². The molecule has 3 aromatic rings. The van der Waals surface area contributed by atoms with E-state index in [1.165, 1.54) is 12.1 Å². The van der Waals surface area contributed by atoms with Crippen LogP contribution in [0.4, 0.5) is 4.79 Å². The molecule has 1 aliphatic heterocycles. The molecule has 5 rings (SSSR count). The summed E-state index contributed by atoms with van der Waals surface area (Å²) >= 11 is 0. The molecule has 0 spiro atoms. The van der Waals surface area contributed by atoms with Crippen LogP contribution in [0.25, 0.3) is 11.1 Å². The zero-order chi connectivity index (χ0) is 24.4. The second-order valence-electron chi connectivity index (χ2n) is 8.27. The maximum Gasteiger partial charge on any atom is 0.407 e. The van der Waals surface area contributed by atoms with Crippen molar-refractivity contribution in [2.75, 3.05) is 13.2 Å². The lowest BCUT2D eigenvalue weighted by atomic mass is 9.98. The van der Waals surface area contributed by atoms with E-state index < -0.39 is 23.9 Å². The first-order valence-electron chi connectivity index (χ1n) is 11.3. The second-order valence-corrected chi connectivity index (χ2v) is 8.27. The number of carbonyl (C=O) groups excluding carboxylic acids is 4. The van der Waals surface area contributed by atoms with Gasteiger partial charge in [0.05, 0.1) is 11.1 Å².